The fourth-order valence-electron chi connectivity index (χ4n) is 2.10. The maximum atomic E-state index is 12.4. The van der Waals surface area contributed by atoms with Crippen LogP contribution >= 0.6 is 11.6 Å². The Hall–Kier alpha value is -3.46. The van der Waals surface area contributed by atoms with Crippen molar-refractivity contribution in [3.05, 3.63) is 74.8 Å². The van der Waals surface area contributed by atoms with Crippen molar-refractivity contribution in [2.24, 2.45) is 0 Å². The molecule has 0 aliphatic heterocycles. The molecule has 0 bridgehead atoms. The third-order valence-electron chi connectivity index (χ3n) is 3.41. The molecular formula is C17H14ClN3O6. The van der Waals surface area contributed by atoms with Crippen molar-refractivity contribution in [1.29, 1.82) is 0 Å². The van der Waals surface area contributed by atoms with Gasteiger partial charge in [-0.05, 0) is 12.1 Å². The number of hydrogen-bond donors (Lipinski definition) is 2. The lowest BCUT2D eigenvalue weighted by Gasteiger charge is -2.17. The minimum absolute atomic E-state index is 0.145. The van der Waals surface area contributed by atoms with Gasteiger partial charge in [0.2, 0.25) is 6.10 Å². The summed E-state index contributed by atoms with van der Waals surface area (Å²) in [5.74, 6) is -1.87. The van der Waals surface area contributed by atoms with Crippen molar-refractivity contribution < 1.29 is 24.0 Å². The van der Waals surface area contributed by atoms with Crippen LogP contribution < -0.4 is 10.6 Å². The molecule has 9 nitrogen and oxygen atoms in total. The summed E-state index contributed by atoms with van der Waals surface area (Å²) in [4.78, 5) is 46.4. The molecule has 2 N–H and O–H groups in total. The van der Waals surface area contributed by atoms with E-state index in [1.54, 1.807) is 18.2 Å². The lowest BCUT2D eigenvalue weighted by molar-refractivity contribution is -0.384. The molecule has 0 fully saturated rings. The summed E-state index contributed by atoms with van der Waals surface area (Å²) in [5.41, 5.74) is -0.326. The summed E-state index contributed by atoms with van der Waals surface area (Å²) >= 11 is 5.72. The summed E-state index contributed by atoms with van der Waals surface area (Å²) in [7, 11) is 1.32. The van der Waals surface area contributed by atoms with E-state index in [1.807, 2.05) is 5.32 Å². The lowest BCUT2D eigenvalue weighted by atomic mass is 10.1. The van der Waals surface area contributed by atoms with E-state index in [0.29, 0.717) is 5.56 Å². The Morgan fingerprint density at radius 2 is 1.81 bits per heavy atom. The first-order chi connectivity index (χ1) is 12.8. The second kappa shape index (κ2) is 8.77. The first-order valence-corrected chi connectivity index (χ1v) is 7.93. The van der Waals surface area contributed by atoms with Crippen molar-refractivity contribution in [2.45, 2.75) is 6.10 Å². The number of nitro groups is 1. The molecule has 0 spiro atoms. The van der Waals surface area contributed by atoms with E-state index in [1.165, 1.54) is 31.3 Å². The minimum Gasteiger partial charge on any atom is -0.444 e. The smallest absolute Gasteiger partial charge is 0.339 e. The van der Waals surface area contributed by atoms with Gasteiger partial charge in [0.1, 0.15) is 5.02 Å². The van der Waals surface area contributed by atoms with Crippen molar-refractivity contribution in [2.75, 3.05) is 7.05 Å². The molecule has 140 valence electrons. The number of nitrogens with zero attached hydrogens (tertiary/aromatic N) is 1. The molecule has 0 aliphatic carbocycles. The number of urea groups is 1. The van der Waals surface area contributed by atoms with E-state index in [0.717, 1.165) is 6.07 Å². The summed E-state index contributed by atoms with van der Waals surface area (Å²) in [5, 5.41) is 15.1. The maximum absolute atomic E-state index is 12.4. The van der Waals surface area contributed by atoms with Gasteiger partial charge in [-0.15, -0.1) is 0 Å². The molecule has 10 heteroatoms. The zero-order chi connectivity index (χ0) is 20.0. The standard InChI is InChI=1S/C17H14ClN3O6/c1-19-17(24)20-15(22)14(10-5-3-2-4-6-10)27-16(23)11-7-8-12(18)13(9-11)21(25)26/h2-9,14H,1H3,(H2,19,20,22,24). The number of carbonyl (C=O) groups is 3. The Morgan fingerprint density at radius 1 is 1.15 bits per heavy atom. The number of imide groups is 1. The van der Waals surface area contributed by atoms with Gasteiger partial charge in [-0.1, -0.05) is 41.9 Å². The molecule has 0 aliphatic rings. The van der Waals surface area contributed by atoms with Crippen LogP contribution in [0.15, 0.2) is 48.5 Å². The van der Waals surface area contributed by atoms with Crippen LogP contribution in [0, 0.1) is 10.1 Å². The van der Waals surface area contributed by atoms with E-state index in [4.69, 9.17) is 16.3 Å². The predicted molar refractivity (Wildman–Crippen MR) is 95.3 cm³/mol. The van der Waals surface area contributed by atoms with Crippen LogP contribution in [0.1, 0.15) is 22.0 Å². The summed E-state index contributed by atoms with van der Waals surface area (Å²) in [6, 6.07) is 10.6. The number of carbonyl (C=O) groups excluding carboxylic acids is 3. The monoisotopic (exact) mass is 391 g/mol. The van der Waals surface area contributed by atoms with Crippen molar-refractivity contribution >= 4 is 35.2 Å². The molecule has 0 saturated heterocycles. The molecule has 0 saturated carbocycles. The first-order valence-electron chi connectivity index (χ1n) is 7.56. The second-order valence-electron chi connectivity index (χ2n) is 5.19. The van der Waals surface area contributed by atoms with Crippen LogP contribution in [0.5, 0.6) is 0 Å². The van der Waals surface area contributed by atoms with Gasteiger partial charge in [0.25, 0.3) is 11.6 Å². The summed E-state index contributed by atoms with van der Waals surface area (Å²) < 4.78 is 5.21. The number of benzene rings is 2. The average Bonchev–Trinajstić information content (AvgIpc) is 2.66. The first kappa shape index (κ1) is 19.9. The van der Waals surface area contributed by atoms with Gasteiger partial charge in [0.15, 0.2) is 0 Å². The fourth-order valence-corrected chi connectivity index (χ4v) is 2.28. The van der Waals surface area contributed by atoms with Crippen LogP contribution in [-0.4, -0.2) is 29.9 Å². The van der Waals surface area contributed by atoms with Gasteiger partial charge in [0.05, 0.1) is 10.5 Å². The number of amides is 3. The SMILES string of the molecule is CNC(=O)NC(=O)C(OC(=O)c1ccc(Cl)c([N+](=O)[O-])c1)c1ccccc1. The quantitative estimate of drug-likeness (QED) is 0.458. The number of nitrogens with one attached hydrogen (secondary N) is 2. The number of halogens is 1. The van der Waals surface area contributed by atoms with E-state index in [2.05, 4.69) is 5.32 Å². The topological polar surface area (TPSA) is 128 Å². The number of hydrogen-bond acceptors (Lipinski definition) is 6. The number of esters is 1. The lowest BCUT2D eigenvalue weighted by Crippen LogP contribution is -2.41. The number of rotatable bonds is 5. The van der Waals surface area contributed by atoms with Gasteiger partial charge < -0.3 is 10.1 Å². The maximum Gasteiger partial charge on any atom is 0.339 e. The highest BCUT2D eigenvalue weighted by atomic mass is 35.5. The normalized spacial score (nSPS) is 11.2. The third-order valence-corrected chi connectivity index (χ3v) is 3.73. The van der Waals surface area contributed by atoms with Crippen molar-refractivity contribution in [3.63, 3.8) is 0 Å². The van der Waals surface area contributed by atoms with Gasteiger partial charge in [-0.25, -0.2) is 9.59 Å². The van der Waals surface area contributed by atoms with E-state index in [-0.39, 0.29) is 10.6 Å². The molecule has 1 unspecified atom stereocenters. The van der Waals surface area contributed by atoms with Crippen LogP contribution in [-0.2, 0) is 9.53 Å². The predicted octanol–water partition coefficient (Wildman–Crippen LogP) is 2.60. The van der Waals surface area contributed by atoms with E-state index < -0.39 is 34.6 Å². The largest absolute Gasteiger partial charge is 0.444 e. The number of ether oxygens (including phenoxy) is 1. The molecule has 27 heavy (non-hydrogen) atoms. The van der Waals surface area contributed by atoms with E-state index in [9.17, 15) is 24.5 Å². The molecule has 1 atom stereocenters. The van der Waals surface area contributed by atoms with Gasteiger partial charge in [-0.2, -0.15) is 0 Å². The van der Waals surface area contributed by atoms with Crippen molar-refractivity contribution in [1.82, 2.24) is 10.6 Å². The fraction of sp³-hybridized carbons (Fsp3) is 0.118. The van der Waals surface area contributed by atoms with Crippen LogP contribution in [0.25, 0.3) is 0 Å². The Morgan fingerprint density at radius 3 is 2.41 bits per heavy atom. The third kappa shape index (κ3) is 5.02. The van der Waals surface area contributed by atoms with Crippen molar-refractivity contribution in [3.8, 4) is 0 Å². The minimum atomic E-state index is -1.44. The molecule has 2 aromatic rings. The van der Waals surface area contributed by atoms with Crippen LogP contribution in [0.4, 0.5) is 10.5 Å². The molecule has 0 heterocycles. The molecule has 0 aromatic heterocycles. The van der Waals surface area contributed by atoms with Crippen LogP contribution in [0.3, 0.4) is 0 Å². The van der Waals surface area contributed by atoms with Gasteiger partial charge in [0, 0.05) is 18.7 Å². The highest BCUT2D eigenvalue weighted by molar-refractivity contribution is 6.32. The Bertz CT molecular complexity index is 887. The highest BCUT2D eigenvalue weighted by Crippen LogP contribution is 2.27. The highest BCUT2D eigenvalue weighted by Gasteiger charge is 2.28. The zero-order valence-electron chi connectivity index (χ0n) is 14.0. The summed E-state index contributed by atoms with van der Waals surface area (Å²) in [6.07, 6.45) is -1.44. The molecule has 2 aromatic carbocycles. The Labute approximate surface area is 158 Å². The molecule has 3 amide bonds. The van der Waals surface area contributed by atoms with Crippen LogP contribution in [0.2, 0.25) is 5.02 Å². The summed E-state index contributed by atoms with van der Waals surface area (Å²) in [6.45, 7) is 0. The van der Waals surface area contributed by atoms with Gasteiger partial charge in [-0.3, -0.25) is 20.2 Å². The average molecular weight is 392 g/mol. The van der Waals surface area contributed by atoms with E-state index >= 15 is 0 Å². The Kier molecular flexibility index (Phi) is 6.45. The molecular weight excluding hydrogens is 378 g/mol. The zero-order valence-corrected chi connectivity index (χ0v) is 14.7. The molecule has 0 radical (unpaired) electrons. The number of nitro benzene ring substituents is 1. The second-order valence-corrected chi connectivity index (χ2v) is 5.59. The van der Waals surface area contributed by atoms with Gasteiger partial charge >= 0.3 is 12.0 Å². The molecule has 2 rings (SSSR count). The Balaban J connectivity index is 2.31.